The van der Waals surface area contributed by atoms with Crippen molar-refractivity contribution >= 4 is 47.5 Å². The van der Waals surface area contributed by atoms with Crippen LogP contribution < -0.4 is 0 Å². The third-order valence-electron chi connectivity index (χ3n) is 0.914. The molecular formula is C6H7NaO6. The second kappa shape index (κ2) is 6.64. The Morgan fingerprint density at radius 1 is 1.08 bits per heavy atom. The predicted molar refractivity (Wildman–Crippen MR) is 42.8 cm³/mol. The van der Waals surface area contributed by atoms with Gasteiger partial charge in [0.05, 0.1) is 12.0 Å². The van der Waals surface area contributed by atoms with E-state index in [0.29, 0.717) is 6.08 Å². The molecule has 0 saturated heterocycles. The van der Waals surface area contributed by atoms with Gasteiger partial charge >= 0.3 is 47.5 Å². The van der Waals surface area contributed by atoms with Gasteiger partial charge < -0.3 is 15.3 Å². The molecule has 0 heterocycles. The summed E-state index contributed by atoms with van der Waals surface area (Å²) in [5.74, 6) is -4.40. The number of hydrogen-bond acceptors (Lipinski definition) is 3. The first-order chi connectivity index (χ1) is 5.43. The average molecular weight is 198 g/mol. The minimum atomic E-state index is -1.54. The number of hydrogen-bond donors (Lipinski definition) is 3. The van der Waals surface area contributed by atoms with E-state index in [0.717, 1.165) is 0 Å². The van der Waals surface area contributed by atoms with Gasteiger partial charge in [-0.1, -0.05) is 0 Å². The van der Waals surface area contributed by atoms with Crippen molar-refractivity contribution in [3.8, 4) is 0 Å². The first kappa shape index (κ1) is 14.7. The molecule has 0 aromatic carbocycles. The molecule has 0 aliphatic carbocycles. The molecule has 0 aliphatic heterocycles. The maximum atomic E-state index is 10.2. The Hall–Kier alpha value is -0.850. The van der Waals surface area contributed by atoms with Crippen LogP contribution >= 0.6 is 0 Å². The van der Waals surface area contributed by atoms with Crippen LogP contribution in [-0.4, -0.2) is 62.8 Å². The van der Waals surface area contributed by atoms with E-state index < -0.39 is 29.9 Å². The third-order valence-corrected chi connectivity index (χ3v) is 0.914. The van der Waals surface area contributed by atoms with Gasteiger partial charge in [0.2, 0.25) is 0 Å². The molecule has 0 spiro atoms. The summed E-state index contributed by atoms with van der Waals surface area (Å²) in [6.45, 7) is 0. The van der Waals surface area contributed by atoms with Crippen molar-refractivity contribution in [1.29, 1.82) is 0 Å². The third kappa shape index (κ3) is 7.51. The van der Waals surface area contributed by atoms with E-state index >= 15 is 0 Å². The summed E-state index contributed by atoms with van der Waals surface area (Å²) >= 11 is 0. The molecule has 13 heavy (non-hydrogen) atoms. The van der Waals surface area contributed by atoms with Crippen LogP contribution in [0.2, 0.25) is 0 Å². The molecule has 0 bridgehead atoms. The normalized spacial score (nSPS) is 10.0. The van der Waals surface area contributed by atoms with Crippen LogP contribution in [0.25, 0.3) is 0 Å². The van der Waals surface area contributed by atoms with Crippen molar-refractivity contribution < 1.29 is 29.7 Å². The Morgan fingerprint density at radius 2 is 1.54 bits per heavy atom. The van der Waals surface area contributed by atoms with E-state index in [1.54, 1.807) is 0 Å². The molecule has 0 saturated carbocycles. The standard InChI is InChI=1S/C6H6O6.Na.H/c7-4(8)1-3(6(11)12)2-5(9)10;;/h1H,2H2,(H,7,8)(H,9,10)(H,11,12);;. The Labute approximate surface area is 95.2 Å². The Morgan fingerprint density at radius 3 is 1.77 bits per heavy atom. The fraction of sp³-hybridized carbons (Fsp3) is 0.167. The molecule has 0 unspecified atom stereocenters. The summed E-state index contributed by atoms with van der Waals surface area (Å²) in [5, 5.41) is 24.5. The zero-order valence-corrected chi connectivity index (χ0v) is 5.85. The van der Waals surface area contributed by atoms with Gasteiger partial charge in [-0.15, -0.1) is 0 Å². The van der Waals surface area contributed by atoms with E-state index in [-0.39, 0.29) is 29.6 Å². The Bertz CT molecular complexity index is 256. The van der Waals surface area contributed by atoms with E-state index in [1.165, 1.54) is 0 Å². The van der Waals surface area contributed by atoms with Gasteiger partial charge in [0.1, 0.15) is 0 Å². The van der Waals surface area contributed by atoms with Crippen molar-refractivity contribution in [2.24, 2.45) is 0 Å². The summed E-state index contributed by atoms with van der Waals surface area (Å²) in [5.41, 5.74) is -0.657. The van der Waals surface area contributed by atoms with Crippen LogP contribution in [0.4, 0.5) is 0 Å². The topological polar surface area (TPSA) is 112 Å². The van der Waals surface area contributed by atoms with Gasteiger partial charge in [0.15, 0.2) is 0 Å². The quantitative estimate of drug-likeness (QED) is 0.390. The Balaban J connectivity index is 0. The van der Waals surface area contributed by atoms with Crippen LogP contribution in [0.15, 0.2) is 11.6 Å². The molecule has 7 heteroatoms. The SMILES string of the molecule is O=C(O)C=C(CC(=O)O)C(=O)O.[NaH]. The summed E-state index contributed by atoms with van der Waals surface area (Å²) in [7, 11) is 0. The van der Waals surface area contributed by atoms with Crippen molar-refractivity contribution in [2.75, 3.05) is 0 Å². The van der Waals surface area contributed by atoms with Crippen LogP contribution in [-0.2, 0) is 14.4 Å². The molecule has 0 amide bonds. The second-order valence-corrected chi connectivity index (χ2v) is 1.88. The van der Waals surface area contributed by atoms with Crippen LogP contribution in [0, 0.1) is 0 Å². The molecule has 6 nitrogen and oxygen atoms in total. The van der Waals surface area contributed by atoms with Gasteiger partial charge in [-0.3, -0.25) is 4.79 Å². The van der Waals surface area contributed by atoms with Gasteiger partial charge in [-0.05, 0) is 0 Å². The summed E-state index contributed by atoms with van der Waals surface area (Å²) in [6, 6.07) is 0. The van der Waals surface area contributed by atoms with Gasteiger partial charge in [-0.25, -0.2) is 9.59 Å². The number of rotatable bonds is 4. The molecule has 0 radical (unpaired) electrons. The van der Waals surface area contributed by atoms with Gasteiger partial charge in [0, 0.05) is 6.08 Å². The molecule has 0 aromatic heterocycles. The number of carboxylic acids is 3. The fourth-order valence-electron chi connectivity index (χ4n) is 0.500. The molecule has 3 N–H and O–H groups in total. The molecular weight excluding hydrogens is 191 g/mol. The van der Waals surface area contributed by atoms with Gasteiger partial charge in [0.25, 0.3) is 0 Å². The van der Waals surface area contributed by atoms with E-state index in [4.69, 9.17) is 15.3 Å². The van der Waals surface area contributed by atoms with E-state index in [1.807, 2.05) is 0 Å². The second-order valence-electron chi connectivity index (χ2n) is 1.88. The summed E-state index contributed by atoms with van der Waals surface area (Å²) in [6.07, 6.45) is -0.446. The first-order valence-electron chi connectivity index (χ1n) is 2.82. The minimum absolute atomic E-state index is 0. The van der Waals surface area contributed by atoms with Crippen molar-refractivity contribution in [2.45, 2.75) is 6.42 Å². The van der Waals surface area contributed by atoms with Crippen molar-refractivity contribution in [1.82, 2.24) is 0 Å². The van der Waals surface area contributed by atoms with E-state index in [2.05, 4.69) is 0 Å². The molecule has 0 aliphatic rings. The van der Waals surface area contributed by atoms with Crippen LogP contribution in [0.5, 0.6) is 0 Å². The molecule has 0 aromatic rings. The van der Waals surface area contributed by atoms with Crippen LogP contribution in [0.3, 0.4) is 0 Å². The predicted octanol–water partition coefficient (Wildman–Crippen LogP) is -1.09. The molecule has 68 valence electrons. The average Bonchev–Trinajstić information content (AvgIpc) is 1.83. The number of carbonyl (C=O) groups is 3. The van der Waals surface area contributed by atoms with Gasteiger partial charge in [-0.2, -0.15) is 0 Å². The maximum absolute atomic E-state index is 10.2. The first-order valence-corrected chi connectivity index (χ1v) is 2.82. The monoisotopic (exact) mass is 198 g/mol. The number of carboxylic acid groups (broad SMARTS) is 3. The molecule has 0 fully saturated rings. The Kier molecular flexibility index (Phi) is 7.49. The number of aliphatic carboxylic acids is 3. The van der Waals surface area contributed by atoms with Crippen molar-refractivity contribution in [3.63, 3.8) is 0 Å². The van der Waals surface area contributed by atoms with Crippen molar-refractivity contribution in [3.05, 3.63) is 11.6 Å². The van der Waals surface area contributed by atoms with E-state index in [9.17, 15) is 14.4 Å². The fourth-order valence-corrected chi connectivity index (χ4v) is 0.500. The zero-order chi connectivity index (χ0) is 9.72. The van der Waals surface area contributed by atoms with Crippen LogP contribution in [0.1, 0.15) is 6.42 Å². The molecule has 0 rings (SSSR count). The summed E-state index contributed by atoms with van der Waals surface area (Å²) in [4.78, 5) is 30.1. The zero-order valence-electron chi connectivity index (χ0n) is 5.85. The molecule has 0 atom stereocenters. The summed E-state index contributed by atoms with van der Waals surface area (Å²) < 4.78 is 0.